The van der Waals surface area contributed by atoms with E-state index in [1.54, 1.807) is 149 Å². The fraction of sp³-hybridized carbons (Fsp3) is 0.236. The first kappa shape index (κ1) is 107. The highest BCUT2D eigenvalue weighted by Gasteiger charge is 2.40. The molecule has 0 saturated heterocycles. The summed E-state index contributed by atoms with van der Waals surface area (Å²) < 4.78 is 71.0. The number of fused-ring (bicyclic) bond motifs is 6. The third-order valence-corrected chi connectivity index (χ3v) is 22.9. The summed E-state index contributed by atoms with van der Waals surface area (Å²) in [5, 5.41) is 60.6. The second-order valence-electron chi connectivity index (χ2n) is 35.7. The Hall–Kier alpha value is -15.3. The van der Waals surface area contributed by atoms with Crippen molar-refractivity contribution in [1.29, 1.82) is 0 Å². The van der Waals surface area contributed by atoms with Gasteiger partial charge in [0, 0.05) is 112 Å². The van der Waals surface area contributed by atoms with E-state index in [0.29, 0.717) is 74.8 Å². The standard InChI is InChI=1S/2C23H19NO4.C20H13NO4.2C16H18N2O4S.3C4H10/c2*1-13(2)24-21-18(28-14-8-4-3-5-9-14)12-17(25)19-20(21)23(27)16-11-7-6-10-15(16)22(19)26;21-18-15(25-11-6-2-1-3-7-11)10-14(22)16-17(18)20(24)13-9-5-4-8-12(13)19(16)23;2*1-12(2)17-23(21,22)15-9-8-14(16(11-15)18(19)20)10-13-6-4-3-5-7-13;3*1-4(2)3/h2*3-13,24-25H,1-2H3;1-10,22H,21H2;2*3-9,11-12,17H,10H2,1-2H3;3*4H,1-3H3. The summed E-state index contributed by atoms with van der Waals surface area (Å²) in [5.74, 6) is 1.73. The summed E-state index contributed by atoms with van der Waals surface area (Å²) >= 11 is 0. The van der Waals surface area contributed by atoms with Crippen LogP contribution in [0, 0.1) is 38.0 Å². The number of carbonyl (C=O) groups is 6. The Kier molecular flexibility index (Phi) is 37.8. The molecule has 27 nitrogen and oxygen atoms in total. The van der Waals surface area contributed by atoms with E-state index in [-0.39, 0.29) is 153 Å². The van der Waals surface area contributed by atoms with Gasteiger partial charge in [0.05, 0.1) is 70.1 Å². The van der Waals surface area contributed by atoms with Gasteiger partial charge >= 0.3 is 0 Å². The maximum Gasteiger partial charge on any atom is 0.274 e. The maximum atomic E-state index is 13.3. The normalized spacial score (nSPS) is 11.9. The molecule has 0 atom stereocenters. The average Bonchev–Trinajstić information content (AvgIpc) is 0.741. The van der Waals surface area contributed by atoms with E-state index >= 15 is 0 Å². The molecule has 724 valence electrons. The van der Waals surface area contributed by atoms with Gasteiger partial charge in [-0.1, -0.05) is 263 Å². The van der Waals surface area contributed by atoms with Gasteiger partial charge < -0.3 is 45.9 Å². The first-order valence-corrected chi connectivity index (χ1v) is 48.2. The van der Waals surface area contributed by atoms with Crippen molar-refractivity contribution in [2.45, 2.75) is 165 Å². The molecule has 29 heteroatoms. The van der Waals surface area contributed by atoms with Crippen LogP contribution in [0.3, 0.4) is 0 Å². The summed E-state index contributed by atoms with van der Waals surface area (Å²) in [5.41, 5.74) is 11.3. The number of phenols is 3. The van der Waals surface area contributed by atoms with Crippen molar-refractivity contribution in [1.82, 2.24) is 9.44 Å². The molecule has 0 aromatic heterocycles. The Labute approximate surface area is 811 Å². The van der Waals surface area contributed by atoms with Gasteiger partial charge in [0.1, 0.15) is 34.5 Å². The molecule has 0 amide bonds. The zero-order valence-corrected chi connectivity index (χ0v) is 82.2. The number of nitrogen functional groups attached to an aromatic ring is 1. The van der Waals surface area contributed by atoms with E-state index in [0.717, 1.165) is 41.0 Å². The van der Waals surface area contributed by atoms with Crippen LogP contribution in [0.15, 0.2) is 289 Å². The smallest absolute Gasteiger partial charge is 0.274 e. The minimum Gasteiger partial charge on any atom is -0.507 e. The Bertz CT molecular complexity index is 6500. The van der Waals surface area contributed by atoms with Crippen LogP contribution in [0.5, 0.6) is 51.7 Å². The summed E-state index contributed by atoms with van der Waals surface area (Å²) in [6, 6.07) is 76.8. The van der Waals surface area contributed by atoms with Crippen LogP contribution in [0.1, 0.15) is 235 Å². The fourth-order valence-corrected chi connectivity index (χ4v) is 16.7. The topological polar surface area (TPSA) is 419 Å². The van der Waals surface area contributed by atoms with Crippen LogP contribution < -0.4 is 40.0 Å². The van der Waals surface area contributed by atoms with E-state index in [1.165, 1.54) is 42.5 Å². The SMILES string of the molecule is CC(C)C.CC(C)C.CC(C)C.CC(C)NS(=O)(=O)c1ccc(Cc2ccccc2)c([N+](=O)[O-])c1.CC(C)NS(=O)(=O)c1ccc(Cc2ccccc2)c([N+](=O)[O-])c1.CC(C)Nc1c(Oc2ccccc2)cc(O)c2c1C(=O)c1ccccc1C2=O.CC(C)Nc1c(Oc2ccccc2)cc(O)c2c1C(=O)c1ccccc1C2=O.Nc1c(Oc2ccccc2)cc(O)c2c1C(=O)c1ccccc1C2=O. The molecule has 13 aromatic carbocycles. The Morgan fingerprint density at radius 3 is 0.799 bits per heavy atom. The lowest BCUT2D eigenvalue weighted by Gasteiger charge is -2.25. The molecule has 9 N–H and O–H groups in total. The molecular formula is C110H117N7O20S2. The Balaban J connectivity index is 0.000000189. The number of nitro benzene ring substituents is 2. The number of ether oxygens (including phenoxy) is 3. The highest BCUT2D eigenvalue weighted by atomic mass is 32.2. The van der Waals surface area contributed by atoms with Gasteiger partial charge in [0.25, 0.3) is 11.4 Å². The summed E-state index contributed by atoms with van der Waals surface area (Å²) in [7, 11) is -7.52. The van der Waals surface area contributed by atoms with Crippen molar-refractivity contribution in [2.75, 3.05) is 16.4 Å². The monoisotopic (exact) mass is 1920 g/mol. The first-order valence-electron chi connectivity index (χ1n) is 45.2. The van der Waals surface area contributed by atoms with Crippen LogP contribution in [0.4, 0.5) is 28.4 Å². The van der Waals surface area contributed by atoms with Crippen LogP contribution in [0.25, 0.3) is 0 Å². The van der Waals surface area contributed by atoms with Crippen LogP contribution in [-0.2, 0) is 32.9 Å². The van der Waals surface area contributed by atoms with Crippen LogP contribution >= 0.6 is 0 Å². The number of nitro groups is 2. The van der Waals surface area contributed by atoms with E-state index in [2.05, 4.69) is 82.4 Å². The Morgan fingerprint density at radius 2 is 0.540 bits per heavy atom. The van der Waals surface area contributed by atoms with E-state index < -0.39 is 41.5 Å². The largest absolute Gasteiger partial charge is 0.507 e. The number of ketones is 6. The minimum atomic E-state index is -3.76. The molecule has 3 aliphatic carbocycles. The predicted molar refractivity (Wildman–Crippen MR) is 543 cm³/mol. The molecule has 0 spiro atoms. The molecule has 13 aromatic rings. The van der Waals surface area contributed by atoms with Gasteiger partial charge in [-0.2, -0.15) is 0 Å². The van der Waals surface area contributed by atoms with Crippen molar-refractivity contribution in [3.8, 4) is 51.7 Å². The predicted octanol–water partition coefficient (Wildman–Crippen LogP) is 23.8. The second-order valence-corrected chi connectivity index (χ2v) is 39.1. The van der Waals surface area contributed by atoms with Gasteiger partial charge in [-0.3, -0.25) is 49.0 Å². The lowest BCUT2D eigenvalue weighted by molar-refractivity contribution is -0.385. The van der Waals surface area contributed by atoms with Gasteiger partial charge in [-0.25, -0.2) is 26.3 Å². The molecule has 0 fully saturated rings. The number of nitrogens with one attached hydrogen (secondary N) is 4. The molecule has 3 aliphatic rings. The van der Waals surface area contributed by atoms with Crippen molar-refractivity contribution in [3.63, 3.8) is 0 Å². The van der Waals surface area contributed by atoms with Crippen molar-refractivity contribution < 1.29 is 85.0 Å². The molecule has 0 bridgehead atoms. The summed E-state index contributed by atoms with van der Waals surface area (Å²) in [4.78, 5) is 99.3. The number of hydrogen-bond acceptors (Lipinski definition) is 23. The third-order valence-electron chi connectivity index (χ3n) is 19.6. The number of para-hydroxylation sites is 3. The van der Waals surface area contributed by atoms with Crippen molar-refractivity contribution >= 4 is 83.2 Å². The highest BCUT2D eigenvalue weighted by Crippen LogP contribution is 2.48. The molecule has 0 radical (unpaired) electrons. The third kappa shape index (κ3) is 28.7. The molecule has 0 saturated carbocycles. The zero-order valence-electron chi connectivity index (χ0n) is 80.6. The molecule has 0 heterocycles. The van der Waals surface area contributed by atoms with Crippen LogP contribution in [-0.4, -0.2) is 101 Å². The molecular weight excluding hydrogens is 1800 g/mol. The van der Waals surface area contributed by atoms with E-state index in [9.17, 15) is 81.2 Å². The molecule has 0 unspecified atom stereocenters. The van der Waals surface area contributed by atoms with Crippen molar-refractivity contribution in [3.05, 3.63) is 388 Å². The number of benzene rings is 13. The Morgan fingerprint density at radius 1 is 0.309 bits per heavy atom. The number of phenolic OH excluding ortho intramolecular Hbond substituents is 3. The summed E-state index contributed by atoms with van der Waals surface area (Å²) in [6.07, 6.45) is 0.740. The number of anilines is 3. The maximum absolute atomic E-state index is 13.3. The summed E-state index contributed by atoms with van der Waals surface area (Å²) in [6.45, 7) is 34.0. The number of hydrogen-bond donors (Lipinski definition) is 8. The van der Waals surface area contributed by atoms with E-state index in [1.807, 2.05) is 131 Å². The average molecular weight is 1920 g/mol. The molecule has 139 heavy (non-hydrogen) atoms. The highest BCUT2D eigenvalue weighted by molar-refractivity contribution is 7.89. The number of nitrogens with two attached hydrogens (primary N) is 1. The van der Waals surface area contributed by atoms with E-state index in [4.69, 9.17) is 19.9 Å². The lowest BCUT2D eigenvalue weighted by Crippen LogP contribution is -2.30. The number of rotatable bonds is 22. The van der Waals surface area contributed by atoms with Gasteiger partial charge in [0.15, 0.2) is 51.9 Å². The van der Waals surface area contributed by atoms with Gasteiger partial charge in [0.2, 0.25) is 20.0 Å². The zero-order chi connectivity index (χ0) is 102. The second kappa shape index (κ2) is 48.9. The van der Waals surface area contributed by atoms with Crippen molar-refractivity contribution in [2.24, 2.45) is 17.8 Å². The number of nitrogens with zero attached hydrogens (tertiary/aromatic N) is 2. The van der Waals surface area contributed by atoms with Gasteiger partial charge in [-0.15, -0.1) is 0 Å². The fourth-order valence-electron chi connectivity index (χ4n) is 14.2. The quantitative estimate of drug-likeness (QED) is 0.0135. The first-order chi connectivity index (χ1) is 65.8. The molecule has 0 aliphatic heterocycles. The van der Waals surface area contributed by atoms with Crippen LogP contribution in [0.2, 0.25) is 0 Å². The number of sulfonamides is 2. The number of carbonyl (C=O) groups excluding carboxylic acids is 6. The molecule has 16 rings (SSSR count). The minimum absolute atomic E-state index is 0.00672. The number of aromatic hydroxyl groups is 3. The lowest BCUT2D eigenvalue weighted by atomic mass is 9.82. The van der Waals surface area contributed by atoms with Gasteiger partial charge in [-0.05, 0) is 133 Å².